The third-order valence-corrected chi connectivity index (χ3v) is 7.98. The van der Waals surface area contributed by atoms with Crippen molar-refractivity contribution in [3.05, 3.63) is 24.2 Å². The van der Waals surface area contributed by atoms with Gasteiger partial charge in [-0.25, -0.2) is 0 Å². The number of methoxy groups -OCH3 is 1. The highest BCUT2D eigenvalue weighted by Gasteiger charge is 2.72. The van der Waals surface area contributed by atoms with E-state index in [0.717, 1.165) is 25.7 Å². The van der Waals surface area contributed by atoms with Crippen LogP contribution < -0.4 is 0 Å². The second kappa shape index (κ2) is 5.69. The first-order valence-corrected chi connectivity index (χ1v) is 9.57. The molecule has 0 aromatic carbocycles. The summed E-state index contributed by atoms with van der Waals surface area (Å²) in [6.07, 6.45) is 7.31. The van der Waals surface area contributed by atoms with E-state index in [2.05, 4.69) is 20.8 Å². The van der Waals surface area contributed by atoms with Gasteiger partial charge in [-0.05, 0) is 50.0 Å². The van der Waals surface area contributed by atoms with Crippen molar-refractivity contribution < 1.29 is 23.5 Å². The molecular weight excluding hydrogens is 332 g/mol. The van der Waals surface area contributed by atoms with Crippen molar-refractivity contribution in [2.75, 3.05) is 7.11 Å². The number of carbonyl (C=O) groups is 2. The SMILES string of the molecule is COC(=O)[C@@H]1CC[C@]2(C)[C@H](CC[C@H]3O[C@]32C)[C@@]1(C)CC(=O)c1ccoc1. The van der Waals surface area contributed by atoms with Gasteiger partial charge in [0.2, 0.25) is 0 Å². The van der Waals surface area contributed by atoms with E-state index in [1.165, 1.54) is 19.6 Å². The van der Waals surface area contributed by atoms with Gasteiger partial charge in [-0.3, -0.25) is 9.59 Å². The first-order valence-electron chi connectivity index (χ1n) is 9.57. The molecule has 2 saturated carbocycles. The molecule has 5 nitrogen and oxygen atoms in total. The van der Waals surface area contributed by atoms with E-state index in [9.17, 15) is 9.59 Å². The Labute approximate surface area is 154 Å². The number of ether oxygens (including phenoxy) is 2. The van der Waals surface area contributed by atoms with Crippen LogP contribution in [-0.2, 0) is 14.3 Å². The van der Waals surface area contributed by atoms with Gasteiger partial charge in [0.1, 0.15) is 6.26 Å². The molecule has 1 aliphatic heterocycles. The minimum absolute atomic E-state index is 0.0220. The van der Waals surface area contributed by atoms with Crippen molar-refractivity contribution in [3.8, 4) is 0 Å². The van der Waals surface area contributed by atoms with Gasteiger partial charge in [-0.15, -0.1) is 0 Å². The number of esters is 1. The highest BCUT2D eigenvalue weighted by molar-refractivity contribution is 5.96. The van der Waals surface area contributed by atoms with Gasteiger partial charge in [0.15, 0.2) is 5.78 Å². The molecule has 0 bridgehead atoms. The number of hydrogen-bond donors (Lipinski definition) is 0. The zero-order chi connectivity index (χ0) is 18.7. The lowest BCUT2D eigenvalue weighted by Crippen LogP contribution is -2.58. The third-order valence-electron chi connectivity index (χ3n) is 7.98. The molecule has 0 spiro atoms. The van der Waals surface area contributed by atoms with Gasteiger partial charge in [0.25, 0.3) is 0 Å². The van der Waals surface area contributed by atoms with Gasteiger partial charge in [0.05, 0.1) is 36.6 Å². The van der Waals surface area contributed by atoms with Crippen LogP contribution in [0.4, 0.5) is 0 Å². The summed E-state index contributed by atoms with van der Waals surface area (Å²) in [7, 11) is 1.44. The van der Waals surface area contributed by atoms with Gasteiger partial charge in [-0.2, -0.15) is 0 Å². The van der Waals surface area contributed by atoms with Crippen LogP contribution in [-0.4, -0.2) is 30.6 Å². The Balaban J connectivity index is 1.72. The second-order valence-electron chi connectivity index (χ2n) is 8.99. The van der Waals surface area contributed by atoms with E-state index in [4.69, 9.17) is 13.9 Å². The van der Waals surface area contributed by atoms with E-state index in [1.807, 2.05) is 0 Å². The van der Waals surface area contributed by atoms with E-state index in [-0.39, 0.29) is 34.6 Å². The molecule has 3 aliphatic rings. The Kier molecular flexibility index (Phi) is 3.89. The molecule has 0 amide bonds. The molecule has 2 aliphatic carbocycles. The Bertz CT molecular complexity index is 725. The molecule has 26 heavy (non-hydrogen) atoms. The monoisotopic (exact) mass is 360 g/mol. The minimum Gasteiger partial charge on any atom is -0.472 e. The molecule has 2 heterocycles. The second-order valence-corrected chi connectivity index (χ2v) is 8.99. The predicted octanol–water partition coefficient (Wildman–Crippen LogP) is 4.02. The lowest BCUT2D eigenvalue weighted by molar-refractivity contribution is -0.165. The van der Waals surface area contributed by atoms with E-state index in [1.54, 1.807) is 6.07 Å². The maximum atomic E-state index is 12.9. The summed E-state index contributed by atoms with van der Waals surface area (Å²) in [5, 5.41) is 0. The van der Waals surface area contributed by atoms with Crippen molar-refractivity contribution >= 4 is 11.8 Å². The molecule has 142 valence electrons. The Morgan fingerprint density at radius 2 is 2.00 bits per heavy atom. The molecule has 0 radical (unpaired) electrons. The Hall–Kier alpha value is -1.62. The van der Waals surface area contributed by atoms with Crippen LogP contribution in [0.2, 0.25) is 0 Å². The average molecular weight is 360 g/mol. The molecular formula is C21H28O5. The number of Topliss-reactive ketones (excluding diaryl/α,β-unsaturated/α-hetero) is 1. The standard InChI is InChI=1S/C21H28O5/c1-19(11-15(22)13-8-10-25-12-13)14(18(23)24-4)7-9-20(2)16(19)5-6-17-21(20,3)26-17/h8,10,12,14,16-17H,5-7,9,11H2,1-4H3/t14-,16+,17+,19-,20+,21+/m0/s1. The summed E-state index contributed by atoms with van der Waals surface area (Å²) in [4.78, 5) is 25.6. The maximum absolute atomic E-state index is 12.9. The van der Waals surface area contributed by atoms with E-state index < -0.39 is 5.41 Å². The fraction of sp³-hybridized carbons (Fsp3) is 0.714. The molecule has 1 aromatic rings. The Morgan fingerprint density at radius 1 is 1.23 bits per heavy atom. The number of ketones is 1. The number of hydrogen-bond acceptors (Lipinski definition) is 5. The fourth-order valence-electron chi connectivity index (χ4n) is 6.22. The van der Waals surface area contributed by atoms with Crippen molar-refractivity contribution in [1.82, 2.24) is 0 Å². The van der Waals surface area contributed by atoms with Crippen LogP contribution in [0.3, 0.4) is 0 Å². The zero-order valence-corrected chi connectivity index (χ0v) is 16.0. The summed E-state index contributed by atoms with van der Waals surface area (Å²) in [5.74, 6) is -0.185. The summed E-state index contributed by atoms with van der Waals surface area (Å²) in [6, 6.07) is 1.70. The molecule has 6 atom stereocenters. The summed E-state index contributed by atoms with van der Waals surface area (Å²) < 4.78 is 16.3. The van der Waals surface area contributed by atoms with Crippen LogP contribution in [0, 0.1) is 22.7 Å². The van der Waals surface area contributed by atoms with E-state index >= 15 is 0 Å². The molecule has 3 fully saturated rings. The number of fused-ring (bicyclic) bond motifs is 3. The topological polar surface area (TPSA) is 69.0 Å². The minimum atomic E-state index is -0.450. The largest absolute Gasteiger partial charge is 0.472 e. The lowest BCUT2D eigenvalue weighted by Gasteiger charge is -2.58. The van der Waals surface area contributed by atoms with E-state index in [0.29, 0.717) is 18.1 Å². The molecule has 5 heteroatoms. The molecule has 4 rings (SSSR count). The average Bonchev–Trinajstić information content (AvgIpc) is 3.05. The van der Waals surface area contributed by atoms with Crippen LogP contribution in [0.25, 0.3) is 0 Å². The van der Waals surface area contributed by atoms with Gasteiger partial charge >= 0.3 is 5.97 Å². The highest BCUT2D eigenvalue weighted by atomic mass is 16.6. The number of carbonyl (C=O) groups excluding carboxylic acids is 2. The van der Waals surface area contributed by atoms with Crippen molar-refractivity contribution in [2.24, 2.45) is 22.7 Å². The van der Waals surface area contributed by atoms with Gasteiger partial charge < -0.3 is 13.9 Å². The Morgan fingerprint density at radius 3 is 2.65 bits per heavy atom. The van der Waals surface area contributed by atoms with Crippen LogP contribution >= 0.6 is 0 Å². The highest BCUT2D eigenvalue weighted by Crippen LogP contribution is 2.70. The zero-order valence-electron chi connectivity index (χ0n) is 16.0. The van der Waals surface area contributed by atoms with Crippen molar-refractivity contribution in [3.63, 3.8) is 0 Å². The smallest absolute Gasteiger partial charge is 0.309 e. The first kappa shape index (κ1) is 17.8. The van der Waals surface area contributed by atoms with Crippen LogP contribution in [0.5, 0.6) is 0 Å². The van der Waals surface area contributed by atoms with Crippen LogP contribution in [0.1, 0.15) is 63.2 Å². The summed E-state index contributed by atoms with van der Waals surface area (Å²) in [5.41, 5.74) is -0.0262. The molecule has 1 saturated heterocycles. The summed E-state index contributed by atoms with van der Waals surface area (Å²) >= 11 is 0. The maximum Gasteiger partial charge on any atom is 0.309 e. The number of rotatable bonds is 4. The molecule has 0 N–H and O–H groups in total. The fourth-order valence-corrected chi connectivity index (χ4v) is 6.22. The van der Waals surface area contributed by atoms with Crippen molar-refractivity contribution in [2.45, 2.75) is 64.6 Å². The summed E-state index contributed by atoms with van der Waals surface area (Å²) in [6.45, 7) is 6.62. The lowest BCUT2D eigenvalue weighted by atomic mass is 9.44. The van der Waals surface area contributed by atoms with Gasteiger partial charge in [0, 0.05) is 11.8 Å². The normalized spacial score (nSPS) is 43.9. The number of furan rings is 1. The molecule has 0 unspecified atom stereocenters. The van der Waals surface area contributed by atoms with Gasteiger partial charge in [-0.1, -0.05) is 13.8 Å². The van der Waals surface area contributed by atoms with Crippen molar-refractivity contribution in [1.29, 1.82) is 0 Å². The predicted molar refractivity (Wildman–Crippen MR) is 94.6 cm³/mol. The quantitative estimate of drug-likeness (QED) is 0.461. The van der Waals surface area contributed by atoms with Crippen LogP contribution in [0.15, 0.2) is 23.0 Å². The third kappa shape index (κ3) is 2.25. The number of epoxide rings is 1. The first-order chi connectivity index (χ1) is 12.3. The molecule has 1 aromatic heterocycles.